The maximum atomic E-state index is 11.8. The van der Waals surface area contributed by atoms with Crippen molar-refractivity contribution in [3.05, 3.63) is 59.7 Å². The van der Waals surface area contributed by atoms with Gasteiger partial charge in [-0.1, -0.05) is 36.4 Å². The number of phenols is 2. The first kappa shape index (κ1) is 18.1. The molecule has 0 saturated heterocycles. The quantitative estimate of drug-likeness (QED) is 0.500. The Labute approximate surface area is 142 Å². The summed E-state index contributed by atoms with van der Waals surface area (Å²) in [6, 6.07) is 10.4. The molecule has 0 heterocycles. The number of aromatic hydroxyl groups is 2. The largest absolute Gasteiger partial charge is 0.504 e. The van der Waals surface area contributed by atoms with Crippen LogP contribution in [0.3, 0.4) is 0 Å². The summed E-state index contributed by atoms with van der Waals surface area (Å²) in [4.78, 5) is 23.1. The Morgan fingerprint density at radius 3 is 2.32 bits per heavy atom. The zero-order valence-electron chi connectivity index (χ0n) is 13.0. The van der Waals surface area contributed by atoms with Gasteiger partial charge in [-0.2, -0.15) is 0 Å². The van der Waals surface area contributed by atoms with Crippen LogP contribution in [-0.4, -0.2) is 38.5 Å². The molecule has 0 radical (unpaired) electrons. The summed E-state index contributed by atoms with van der Waals surface area (Å²) in [6.07, 6.45) is -2.67. The molecule has 5 N–H and O–H groups in total. The fourth-order valence-corrected chi connectivity index (χ4v) is 2.08. The lowest BCUT2D eigenvalue weighted by atomic mass is 10.0. The average Bonchev–Trinajstić information content (AvgIpc) is 2.60. The number of hydrogen-bond acceptors (Lipinski definition) is 6. The Bertz CT molecular complexity index is 748. The van der Waals surface area contributed by atoms with Gasteiger partial charge in [-0.3, -0.25) is 0 Å². The third-order valence-electron chi connectivity index (χ3n) is 3.41. The maximum Gasteiger partial charge on any atom is 0.408 e. The number of carboxylic acid groups (broad SMARTS) is 1. The van der Waals surface area contributed by atoms with E-state index in [1.807, 2.05) is 0 Å². The van der Waals surface area contributed by atoms with Gasteiger partial charge < -0.3 is 30.5 Å². The van der Waals surface area contributed by atoms with Crippen molar-refractivity contribution in [2.24, 2.45) is 0 Å². The third-order valence-corrected chi connectivity index (χ3v) is 3.41. The number of ether oxygens (including phenoxy) is 1. The van der Waals surface area contributed by atoms with Gasteiger partial charge >= 0.3 is 12.1 Å². The van der Waals surface area contributed by atoms with Crippen LogP contribution in [-0.2, 0) is 16.1 Å². The molecule has 2 rings (SSSR count). The van der Waals surface area contributed by atoms with Gasteiger partial charge in [-0.05, 0) is 23.3 Å². The molecule has 8 heteroatoms. The molecule has 2 aromatic rings. The lowest BCUT2D eigenvalue weighted by Crippen LogP contribution is -2.45. The lowest BCUT2D eigenvalue weighted by Gasteiger charge is -2.20. The first-order chi connectivity index (χ1) is 11.9. The second-order valence-corrected chi connectivity index (χ2v) is 5.21. The number of alkyl carbamates (subject to hydrolysis) is 1. The van der Waals surface area contributed by atoms with Crippen molar-refractivity contribution < 1.29 is 34.8 Å². The number of phenolic OH excluding ortho intramolecular Hbond substituents is 2. The van der Waals surface area contributed by atoms with Crippen LogP contribution in [0, 0.1) is 0 Å². The number of carbonyl (C=O) groups excluding carboxylic acids is 1. The molecule has 0 aromatic heterocycles. The summed E-state index contributed by atoms with van der Waals surface area (Å²) in [5.41, 5.74) is 0.722. The average molecular weight is 347 g/mol. The molecule has 0 bridgehead atoms. The van der Waals surface area contributed by atoms with E-state index in [0.29, 0.717) is 5.56 Å². The molecule has 1 amide bonds. The molecule has 132 valence electrons. The van der Waals surface area contributed by atoms with E-state index < -0.39 is 35.7 Å². The van der Waals surface area contributed by atoms with Gasteiger partial charge in [0.25, 0.3) is 0 Å². The second-order valence-electron chi connectivity index (χ2n) is 5.21. The highest BCUT2D eigenvalue weighted by atomic mass is 16.5. The number of aliphatic hydroxyl groups is 1. The molecular weight excluding hydrogens is 330 g/mol. The van der Waals surface area contributed by atoms with E-state index in [2.05, 4.69) is 5.32 Å². The van der Waals surface area contributed by atoms with Gasteiger partial charge in [0.05, 0.1) is 0 Å². The number of carboxylic acids is 1. The number of aliphatic carboxylic acids is 1. The van der Waals surface area contributed by atoms with Crippen molar-refractivity contribution >= 4 is 12.1 Å². The highest BCUT2D eigenvalue weighted by Gasteiger charge is 2.30. The monoisotopic (exact) mass is 347 g/mol. The Morgan fingerprint density at radius 2 is 1.72 bits per heavy atom. The first-order valence-corrected chi connectivity index (χ1v) is 7.28. The number of carbonyl (C=O) groups is 2. The summed E-state index contributed by atoms with van der Waals surface area (Å²) < 4.78 is 4.92. The standard InChI is InChI=1S/C17H17NO7/c19-12-7-6-11(8-13(12)20)15(21)14(16(22)23)18-17(24)25-9-10-4-2-1-3-5-10/h1-8,14-15,19-21H,9H2,(H,18,24)(H,22,23)/t14-,15?/m1/s1. The van der Waals surface area contributed by atoms with E-state index in [1.165, 1.54) is 6.07 Å². The summed E-state index contributed by atoms with van der Waals surface area (Å²) in [7, 11) is 0. The number of nitrogens with one attached hydrogen (secondary N) is 1. The van der Waals surface area contributed by atoms with Gasteiger partial charge in [0, 0.05) is 0 Å². The number of hydrogen-bond donors (Lipinski definition) is 5. The van der Waals surface area contributed by atoms with E-state index in [4.69, 9.17) is 4.74 Å². The number of aliphatic hydroxyl groups excluding tert-OH is 1. The minimum absolute atomic E-state index is 0.00561. The van der Waals surface area contributed by atoms with E-state index in [9.17, 15) is 30.0 Å². The van der Waals surface area contributed by atoms with Crippen LogP contribution >= 0.6 is 0 Å². The SMILES string of the molecule is O=C(N[C@@H](C(=O)O)C(O)c1ccc(O)c(O)c1)OCc1ccccc1. The molecule has 0 aliphatic carbocycles. The smallest absolute Gasteiger partial charge is 0.408 e. The van der Waals surface area contributed by atoms with Crippen LogP contribution in [0.1, 0.15) is 17.2 Å². The van der Waals surface area contributed by atoms with Crippen LogP contribution in [0.25, 0.3) is 0 Å². The van der Waals surface area contributed by atoms with E-state index in [-0.39, 0.29) is 12.2 Å². The molecule has 0 fully saturated rings. The van der Waals surface area contributed by atoms with Gasteiger partial charge in [0.15, 0.2) is 17.5 Å². The van der Waals surface area contributed by atoms with E-state index in [1.54, 1.807) is 30.3 Å². The zero-order chi connectivity index (χ0) is 18.4. The number of amides is 1. The predicted octanol–water partition coefficient (Wildman–Crippen LogP) is 1.51. The fourth-order valence-electron chi connectivity index (χ4n) is 2.08. The molecule has 0 spiro atoms. The molecule has 0 aliphatic heterocycles. The van der Waals surface area contributed by atoms with Crippen molar-refractivity contribution in [3.8, 4) is 11.5 Å². The van der Waals surface area contributed by atoms with E-state index >= 15 is 0 Å². The van der Waals surface area contributed by atoms with Crippen molar-refractivity contribution in [3.63, 3.8) is 0 Å². The maximum absolute atomic E-state index is 11.8. The highest BCUT2D eigenvalue weighted by Crippen LogP contribution is 2.29. The Kier molecular flexibility index (Phi) is 5.80. The molecule has 2 atom stereocenters. The summed E-state index contributed by atoms with van der Waals surface area (Å²) >= 11 is 0. The third kappa shape index (κ3) is 4.85. The topological polar surface area (TPSA) is 136 Å². The normalized spacial score (nSPS) is 12.8. The minimum Gasteiger partial charge on any atom is -0.504 e. The van der Waals surface area contributed by atoms with Crippen molar-refractivity contribution in [2.75, 3.05) is 0 Å². The fraction of sp³-hybridized carbons (Fsp3) is 0.176. The summed E-state index contributed by atoms with van der Waals surface area (Å²) in [6.45, 7) is -0.0604. The van der Waals surface area contributed by atoms with Crippen molar-refractivity contribution in [1.82, 2.24) is 5.32 Å². The minimum atomic E-state index is -1.70. The zero-order valence-corrected chi connectivity index (χ0v) is 13.0. The summed E-state index contributed by atoms with van der Waals surface area (Å²) in [5.74, 6) is -2.43. The molecule has 1 unspecified atom stereocenters. The summed E-state index contributed by atoms with van der Waals surface area (Å²) in [5, 5.41) is 40.1. The predicted molar refractivity (Wildman–Crippen MR) is 85.9 cm³/mol. The van der Waals surface area contributed by atoms with Crippen LogP contribution in [0.15, 0.2) is 48.5 Å². The van der Waals surface area contributed by atoms with Crippen molar-refractivity contribution in [2.45, 2.75) is 18.8 Å². The number of benzene rings is 2. The molecule has 25 heavy (non-hydrogen) atoms. The van der Waals surface area contributed by atoms with Crippen molar-refractivity contribution in [1.29, 1.82) is 0 Å². The Hall–Kier alpha value is -3.26. The molecule has 2 aromatic carbocycles. The van der Waals surface area contributed by atoms with Crippen LogP contribution in [0.5, 0.6) is 11.5 Å². The lowest BCUT2D eigenvalue weighted by molar-refractivity contribution is -0.142. The van der Waals surface area contributed by atoms with Gasteiger partial charge in [-0.25, -0.2) is 9.59 Å². The van der Waals surface area contributed by atoms with Gasteiger partial charge in [0.1, 0.15) is 12.7 Å². The van der Waals surface area contributed by atoms with Crippen LogP contribution < -0.4 is 5.32 Å². The Balaban J connectivity index is 2.03. The van der Waals surface area contributed by atoms with E-state index in [0.717, 1.165) is 12.1 Å². The first-order valence-electron chi connectivity index (χ1n) is 7.28. The molecule has 0 saturated carbocycles. The second kappa shape index (κ2) is 8.02. The number of rotatable bonds is 6. The Morgan fingerprint density at radius 1 is 1.04 bits per heavy atom. The molecule has 8 nitrogen and oxygen atoms in total. The van der Waals surface area contributed by atoms with Crippen LogP contribution in [0.4, 0.5) is 4.79 Å². The highest BCUT2D eigenvalue weighted by molar-refractivity contribution is 5.80. The van der Waals surface area contributed by atoms with Crippen LogP contribution in [0.2, 0.25) is 0 Å². The van der Waals surface area contributed by atoms with Gasteiger partial charge in [0.2, 0.25) is 0 Å². The molecular formula is C17H17NO7. The molecule has 0 aliphatic rings. The van der Waals surface area contributed by atoms with Gasteiger partial charge in [-0.15, -0.1) is 0 Å².